The Morgan fingerprint density at radius 2 is 1.84 bits per heavy atom. The number of sulfonamides is 1. The van der Waals surface area contributed by atoms with Crippen LogP contribution in [0.15, 0.2) is 53.4 Å². The summed E-state index contributed by atoms with van der Waals surface area (Å²) in [6, 6.07) is 11.8. The number of methoxy groups -OCH3 is 1. The van der Waals surface area contributed by atoms with Crippen LogP contribution < -0.4 is 9.21 Å². The number of para-hydroxylation sites is 1. The SMILES string of the molecule is COC(=O)CN1C(=O)N(c2cccc(C)c2)S(=O)(=O)c2ccccc21. The first-order chi connectivity index (χ1) is 11.9. The van der Waals surface area contributed by atoms with Crippen LogP contribution in [0.3, 0.4) is 0 Å². The van der Waals surface area contributed by atoms with Crippen LogP contribution in [0.2, 0.25) is 0 Å². The van der Waals surface area contributed by atoms with Gasteiger partial charge in [-0.25, -0.2) is 13.2 Å². The number of benzene rings is 2. The van der Waals surface area contributed by atoms with Gasteiger partial charge in [-0.05, 0) is 36.8 Å². The number of hydrogen-bond acceptors (Lipinski definition) is 5. The molecule has 0 bridgehead atoms. The highest BCUT2D eigenvalue weighted by molar-refractivity contribution is 7.94. The van der Waals surface area contributed by atoms with Gasteiger partial charge in [-0.1, -0.05) is 24.3 Å². The molecule has 0 atom stereocenters. The number of urea groups is 1. The lowest BCUT2D eigenvalue weighted by Gasteiger charge is -2.35. The van der Waals surface area contributed by atoms with Gasteiger partial charge in [-0.3, -0.25) is 9.69 Å². The second-order valence-electron chi connectivity index (χ2n) is 5.52. The van der Waals surface area contributed by atoms with E-state index in [0.29, 0.717) is 4.31 Å². The molecule has 3 rings (SSSR count). The largest absolute Gasteiger partial charge is 0.468 e. The van der Waals surface area contributed by atoms with Gasteiger partial charge in [0.05, 0.1) is 18.5 Å². The molecule has 1 aliphatic heterocycles. The summed E-state index contributed by atoms with van der Waals surface area (Å²) in [6.45, 7) is 1.41. The molecule has 2 amide bonds. The number of anilines is 2. The first-order valence-electron chi connectivity index (χ1n) is 7.45. The van der Waals surface area contributed by atoms with Crippen LogP contribution in [0.4, 0.5) is 16.2 Å². The van der Waals surface area contributed by atoms with E-state index in [1.165, 1.54) is 25.3 Å². The quantitative estimate of drug-likeness (QED) is 0.784. The van der Waals surface area contributed by atoms with Gasteiger partial charge in [0, 0.05) is 0 Å². The van der Waals surface area contributed by atoms with Gasteiger partial charge >= 0.3 is 12.0 Å². The molecular weight excluding hydrogens is 344 g/mol. The van der Waals surface area contributed by atoms with E-state index in [1.54, 1.807) is 37.3 Å². The lowest BCUT2D eigenvalue weighted by Crippen LogP contribution is -2.52. The lowest BCUT2D eigenvalue weighted by atomic mass is 10.2. The molecule has 0 aliphatic carbocycles. The van der Waals surface area contributed by atoms with Gasteiger partial charge in [0.2, 0.25) is 0 Å². The first-order valence-corrected chi connectivity index (χ1v) is 8.89. The maximum atomic E-state index is 13.0. The summed E-state index contributed by atoms with van der Waals surface area (Å²) in [5.41, 5.74) is 1.18. The average Bonchev–Trinajstić information content (AvgIpc) is 2.58. The van der Waals surface area contributed by atoms with Crippen molar-refractivity contribution in [2.24, 2.45) is 0 Å². The number of carbonyl (C=O) groups is 2. The third kappa shape index (κ3) is 2.85. The smallest absolute Gasteiger partial charge is 0.343 e. The van der Waals surface area contributed by atoms with Crippen molar-refractivity contribution in [3.63, 3.8) is 0 Å². The molecule has 0 aromatic heterocycles. The molecule has 0 saturated heterocycles. The van der Waals surface area contributed by atoms with Crippen molar-refractivity contribution in [3.05, 3.63) is 54.1 Å². The minimum atomic E-state index is -4.09. The minimum absolute atomic E-state index is 0.0417. The molecule has 0 radical (unpaired) electrons. The molecule has 2 aromatic carbocycles. The molecule has 0 saturated carbocycles. The van der Waals surface area contributed by atoms with Gasteiger partial charge in [-0.2, -0.15) is 4.31 Å². The fourth-order valence-corrected chi connectivity index (χ4v) is 4.25. The summed E-state index contributed by atoms with van der Waals surface area (Å²) in [4.78, 5) is 25.7. The Bertz CT molecular complexity index is 955. The Hall–Kier alpha value is -2.87. The number of ether oxygens (including phenoxy) is 1. The van der Waals surface area contributed by atoms with Gasteiger partial charge in [0.1, 0.15) is 11.4 Å². The van der Waals surface area contributed by atoms with Crippen molar-refractivity contribution in [1.29, 1.82) is 0 Å². The Morgan fingerprint density at radius 1 is 1.12 bits per heavy atom. The van der Waals surface area contributed by atoms with E-state index in [2.05, 4.69) is 4.74 Å². The van der Waals surface area contributed by atoms with E-state index in [-0.39, 0.29) is 22.8 Å². The molecule has 8 heteroatoms. The van der Waals surface area contributed by atoms with Crippen LogP contribution in [0.1, 0.15) is 5.56 Å². The molecule has 130 valence electrons. The highest BCUT2D eigenvalue weighted by Gasteiger charge is 2.43. The van der Waals surface area contributed by atoms with Gasteiger partial charge < -0.3 is 4.74 Å². The second-order valence-corrected chi connectivity index (χ2v) is 7.28. The molecule has 2 aromatic rings. The molecule has 1 heterocycles. The van der Waals surface area contributed by atoms with E-state index in [4.69, 9.17) is 0 Å². The van der Waals surface area contributed by atoms with Gasteiger partial charge in [0.25, 0.3) is 10.0 Å². The number of nitrogens with zero attached hydrogens (tertiary/aromatic N) is 2. The zero-order valence-electron chi connectivity index (χ0n) is 13.7. The van der Waals surface area contributed by atoms with Crippen molar-refractivity contribution < 1.29 is 22.7 Å². The molecular formula is C17H16N2O5S. The number of esters is 1. The number of hydrogen-bond donors (Lipinski definition) is 0. The summed E-state index contributed by atoms with van der Waals surface area (Å²) in [6.07, 6.45) is 0. The van der Waals surface area contributed by atoms with Crippen molar-refractivity contribution in [1.82, 2.24) is 0 Å². The molecule has 0 N–H and O–H groups in total. The predicted octanol–water partition coefficient (Wildman–Crippen LogP) is 2.30. The molecule has 7 nitrogen and oxygen atoms in total. The van der Waals surface area contributed by atoms with E-state index >= 15 is 0 Å². The highest BCUT2D eigenvalue weighted by atomic mass is 32.2. The number of fused-ring (bicyclic) bond motifs is 1. The van der Waals surface area contributed by atoms with Crippen molar-refractivity contribution in [2.75, 3.05) is 22.9 Å². The topological polar surface area (TPSA) is 84.0 Å². The van der Waals surface area contributed by atoms with Crippen LogP contribution in [0, 0.1) is 6.92 Å². The first kappa shape index (κ1) is 17.0. The van der Waals surface area contributed by atoms with E-state index in [1.807, 2.05) is 0 Å². The lowest BCUT2D eigenvalue weighted by molar-refractivity contribution is -0.138. The Kier molecular flexibility index (Phi) is 4.22. The number of amides is 2. The summed E-state index contributed by atoms with van der Waals surface area (Å²) >= 11 is 0. The number of rotatable bonds is 3. The molecule has 25 heavy (non-hydrogen) atoms. The fourth-order valence-electron chi connectivity index (χ4n) is 2.66. The van der Waals surface area contributed by atoms with Crippen LogP contribution >= 0.6 is 0 Å². The third-order valence-corrected chi connectivity index (χ3v) is 5.58. The predicted molar refractivity (Wildman–Crippen MR) is 92.0 cm³/mol. The van der Waals surface area contributed by atoms with Crippen molar-refractivity contribution >= 4 is 33.4 Å². The van der Waals surface area contributed by atoms with Crippen LogP contribution in [-0.4, -0.2) is 34.1 Å². The summed E-state index contributed by atoms with van der Waals surface area (Å²) in [7, 11) is -2.88. The monoisotopic (exact) mass is 360 g/mol. The van der Waals surface area contributed by atoms with E-state index in [9.17, 15) is 18.0 Å². The highest BCUT2D eigenvalue weighted by Crippen LogP contribution is 2.37. The van der Waals surface area contributed by atoms with Crippen LogP contribution in [0.25, 0.3) is 0 Å². The summed E-state index contributed by atoms with van der Waals surface area (Å²) in [5, 5.41) is 0. The number of carbonyl (C=O) groups excluding carboxylic acids is 2. The average molecular weight is 360 g/mol. The molecule has 1 aliphatic rings. The third-order valence-electron chi connectivity index (χ3n) is 3.83. The normalized spacial score (nSPS) is 15.7. The van der Waals surface area contributed by atoms with Gasteiger partial charge in [0.15, 0.2) is 0 Å². The van der Waals surface area contributed by atoms with E-state index in [0.717, 1.165) is 10.5 Å². The Labute approximate surface area is 145 Å². The molecule has 0 spiro atoms. The van der Waals surface area contributed by atoms with Crippen LogP contribution in [0.5, 0.6) is 0 Å². The van der Waals surface area contributed by atoms with Crippen molar-refractivity contribution in [3.8, 4) is 0 Å². The molecule has 0 unspecified atom stereocenters. The van der Waals surface area contributed by atoms with Crippen molar-refractivity contribution in [2.45, 2.75) is 11.8 Å². The minimum Gasteiger partial charge on any atom is -0.468 e. The number of aryl methyl sites for hydroxylation is 1. The Morgan fingerprint density at radius 3 is 2.52 bits per heavy atom. The summed E-state index contributed by atoms with van der Waals surface area (Å²) in [5.74, 6) is -0.647. The zero-order valence-corrected chi connectivity index (χ0v) is 14.5. The standard InChI is InChI=1S/C17H16N2O5S/c1-12-6-5-7-13(10-12)19-17(21)18(11-16(20)24-2)14-8-3-4-9-15(14)25(19,22)23/h3-10H,11H2,1-2H3. The summed E-state index contributed by atoms with van der Waals surface area (Å²) < 4.78 is 31.3. The molecule has 0 fully saturated rings. The zero-order chi connectivity index (χ0) is 18.2. The van der Waals surface area contributed by atoms with Crippen LogP contribution in [-0.2, 0) is 19.6 Å². The van der Waals surface area contributed by atoms with Gasteiger partial charge in [-0.15, -0.1) is 0 Å². The maximum Gasteiger partial charge on any atom is 0.343 e. The second kappa shape index (κ2) is 6.21. The maximum absolute atomic E-state index is 13.0. The Balaban J connectivity index is 2.21. The van der Waals surface area contributed by atoms with E-state index < -0.39 is 22.0 Å². The fraction of sp³-hybridized carbons (Fsp3) is 0.176.